The third-order valence-electron chi connectivity index (χ3n) is 6.02. The fourth-order valence-electron chi connectivity index (χ4n) is 4.08. The lowest BCUT2D eigenvalue weighted by Gasteiger charge is -2.31. The quantitative estimate of drug-likeness (QED) is 0.511. The Morgan fingerprint density at radius 1 is 1.24 bits per heavy atom. The fourth-order valence-corrected chi connectivity index (χ4v) is 4.41. The second kappa shape index (κ2) is 9.31. The molecule has 8 heteroatoms. The Morgan fingerprint density at radius 3 is 2.70 bits per heavy atom. The van der Waals surface area contributed by atoms with E-state index in [0.717, 1.165) is 31.7 Å². The van der Waals surface area contributed by atoms with Gasteiger partial charge in [-0.3, -0.25) is 14.4 Å². The van der Waals surface area contributed by atoms with Crippen molar-refractivity contribution in [2.45, 2.75) is 60.5 Å². The molecule has 33 heavy (non-hydrogen) atoms. The molecule has 0 bridgehead atoms. The molecule has 2 aromatic heterocycles. The van der Waals surface area contributed by atoms with Gasteiger partial charge in [0.1, 0.15) is 27.9 Å². The second-order valence-corrected chi connectivity index (χ2v) is 10.3. The van der Waals surface area contributed by atoms with Crippen LogP contribution in [0.2, 0.25) is 5.15 Å². The summed E-state index contributed by atoms with van der Waals surface area (Å²) >= 11 is 6.52. The summed E-state index contributed by atoms with van der Waals surface area (Å²) in [6.45, 7) is 14.2. The number of rotatable bonds is 6. The van der Waals surface area contributed by atoms with E-state index in [0.29, 0.717) is 34.7 Å². The molecule has 1 N–H and O–H groups in total. The maximum Gasteiger partial charge on any atom is 0.261 e. The van der Waals surface area contributed by atoms with E-state index in [1.54, 1.807) is 17.7 Å². The number of halogens is 1. The second-order valence-electron chi connectivity index (χ2n) is 9.93. The van der Waals surface area contributed by atoms with Gasteiger partial charge in [-0.25, -0.2) is 0 Å². The molecular formula is C25H32ClN5O2. The third kappa shape index (κ3) is 5.31. The molecule has 1 aliphatic heterocycles. The van der Waals surface area contributed by atoms with Crippen molar-refractivity contribution in [3.63, 3.8) is 0 Å². The number of hydrogen-bond acceptors (Lipinski definition) is 5. The van der Waals surface area contributed by atoms with Gasteiger partial charge in [0, 0.05) is 31.4 Å². The Hall–Kier alpha value is -2.64. The normalized spacial score (nSPS) is 14.4. The van der Waals surface area contributed by atoms with Gasteiger partial charge in [-0.2, -0.15) is 5.10 Å². The van der Waals surface area contributed by atoms with E-state index >= 15 is 0 Å². The van der Waals surface area contributed by atoms with E-state index in [1.807, 2.05) is 13.0 Å². The van der Waals surface area contributed by atoms with Crippen LogP contribution in [0.3, 0.4) is 0 Å². The van der Waals surface area contributed by atoms with Crippen LogP contribution in [-0.2, 0) is 19.5 Å². The van der Waals surface area contributed by atoms with Crippen LogP contribution in [0.1, 0.15) is 61.4 Å². The summed E-state index contributed by atoms with van der Waals surface area (Å²) in [5.74, 6) is 0.336. The molecule has 1 aliphatic rings. The minimum Gasteiger partial charge on any atom is -0.361 e. The number of amides is 1. The van der Waals surface area contributed by atoms with Gasteiger partial charge in [-0.05, 0) is 61.9 Å². The summed E-state index contributed by atoms with van der Waals surface area (Å²) < 4.78 is 6.78. The minimum atomic E-state index is -0.307. The molecule has 3 aromatic rings. The van der Waals surface area contributed by atoms with Gasteiger partial charge in [-0.15, -0.1) is 0 Å². The molecule has 0 atom stereocenters. The standard InChI is InChI=1S/C25H32ClN5O2/c1-6-31-23(26)21(22(28-31)20-13-16(2)33-29-20)24(32)27-19-8-7-18-15-30(11-9-17(18)14-19)12-10-25(3,4)5/h7-8,13-14H,6,9-12,15H2,1-5H3,(H,27,32). The Morgan fingerprint density at radius 2 is 2.03 bits per heavy atom. The summed E-state index contributed by atoms with van der Waals surface area (Å²) in [7, 11) is 0. The van der Waals surface area contributed by atoms with Crippen LogP contribution in [0, 0.1) is 12.3 Å². The number of hydrogen-bond donors (Lipinski definition) is 1. The van der Waals surface area contributed by atoms with E-state index in [1.165, 1.54) is 17.5 Å². The van der Waals surface area contributed by atoms with E-state index in [9.17, 15) is 4.79 Å². The number of carbonyl (C=O) groups excluding carboxylic acids is 1. The first-order valence-corrected chi connectivity index (χ1v) is 11.9. The minimum absolute atomic E-state index is 0.290. The molecule has 0 saturated carbocycles. The Balaban J connectivity index is 1.52. The van der Waals surface area contributed by atoms with Crippen molar-refractivity contribution in [1.82, 2.24) is 19.8 Å². The van der Waals surface area contributed by atoms with E-state index in [2.05, 4.69) is 53.4 Å². The number of benzene rings is 1. The van der Waals surface area contributed by atoms with Crippen LogP contribution < -0.4 is 5.32 Å². The lowest BCUT2D eigenvalue weighted by molar-refractivity contribution is 0.102. The van der Waals surface area contributed by atoms with Gasteiger partial charge in [0.05, 0.1) is 0 Å². The average Bonchev–Trinajstić information content (AvgIpc) is 3.34. The zero-order valence-electron chi connectivity index (χ0n) is 20.0. The Bertz CT molecular complexity index is 1160. The summed E-state index contributed by atoms with van der Waals surface area (Å²) in [4.78, 5) is 15.8. The zero-order valence-corrected chi connectivity index (χ0v) is 20.8. The number of anilines is 1. The van der Waals surface area contributed by atoms with Crippen LogP contribution in [0.15, 0.2) is 28.8 Å². The smallest absolute Gasteiger partial charge is 0.261 e. The highest BCUT2D eigenvalue weighted by Crippen LogP contribution is 2.30. The van der Waals surface area contributed by atoms with E-state index < -0.39 is 0 Å². The Labute approximate surface area is 200 Å². The van der Waals surface area contributed by atoms with Gasteiger partial charge < -0.3 is 9.84 Å². The lowest BCUT2D eigenvalue weighted by Crippen LogP contribution is -2.33. The number of nitrogens with zero attached hydrogens (tertiary/aromatic N) is 4. The highest BCUT2D eigenvalue weighted by molar-refractivity contribution is 6.34. The molecule has 0 radical (unpaired) electrons. The van der Waals surface area contributed by atoms with Crippen molar-refractivity contribution in [3.8, 4) is 11.4 Å². The zero-order chi connectivity index (χ0) is 23.8. The van der Waals surface area contributed by atoms with Crippen molar-refractivity contribution in [2.24, 2.45) is 5.41 Å². The molecule has 0 aliphatic carbocycles. The van der Waals surface area contributed by atoms with Crippen molar-refractivity contribution in [1.29, 1.82) is 0 Å². The van der Waals surface area contributed by atoms with Gasteiger partial charge in [-0.1, -0.05) is 43.6 Å². The highest BCUT2D eigenvalue weighted by Gasteiger charge is 2.26. The molecule has 0 spiro atoms. The van der Waals surface area contributed by atoms with Crippen molar-refractivity contribution in [3.05, 3.63) is 51.9 Å². The molecule has 4 rings (SSSR count). The first-order valence-electron chi connectivity index (χ1n) is 11.5. The number of fused-ring (bicyclic) bond motifs is 1. The molecule has 1 amide bonds. The predicted molar refractivity (Wildman–Crippen MR) is 131 cm³/mol. The van der Waals surface area contributed by atoms with Gasteiger partial charge in [0.2, 0.25) is 0 Å². The summed E-state index contributed by atoms with van der Waals surface area (Å²) in [5, 5.41) is 11.8. The first kappa shape index (κ1) is 23.5. The fraction of sp³-hybridized carbons (Fsp3) is 0.480. The highest BCUT2D eigenvalue weighted by atomic mass is 35.5. The maximum atomic E-state index is 13.2. The summed E-state index contributed by atoms with van der Waals surface area (Å²) in [6, 6.07) is 7.90. The summed E-state index contributed by atoms with van der Waals surface area (Å²) in [6.07, 6.45) is 2.15. The average molecular weight is 470 g/mol. The molecule has 3 heterocycles. The van der Waals surface area contributed by atoms with Crippen molar-refractivity contribution < 1.29 is 9.32 Å². The van der Waals surface area contributed by atoms with E-state index in [-0.39, 0.29) is 11.1 Å². The molecule has 0 saturated heterocycles. The van der Waals surface area contributed by atoms with E-state index in [4.69, 9.17) is 16.1 Å². The van der Waals surface area contributed by atoms with Crippen molar-refractivity contribution >= 4 is 23.2 Å². The largest absolute Gasteiger partial charge is 0.361 e. The van der Waals surface area contributed by atoms with Crippen molar-refractivity contribution in [2.75, 3.05) is 18.4 Å². The molecule has 7 nitrogen and oxygen atoms in total. The van der Waals surface area contributed by atoms with Gasteiger partial charge in [0.25, 0.3) is 5.91 Å². The monoisotopic (exact) mass is 469 g/mol. The number of aryl methyl sites for hydroxylation is 2. The molecular weight excluding hydrogens is 438 g/mol. The number of nitrogens with one attached hydrogen (secondary N) is 1. The van der Waals surface area contributed by atoms with Crippen LogP contribution in [-0.4, -0.2) is 38.8 Å². The van der Waals surface area contributed by atoms with Crippen LogP contribution >= 0.6 is 11.6 Å². The third-order valence-corrected chi connectivity index (χ3v) is 6.41. The number of carbonyl (C=O) groups is 1. The first-order chi connectivity index (χ1) is 15.6. The molecule has 0 fully saturated rings. The molecule has 1 aromatic carbocycles. The van der Waals surface area contributed by atoms with Crippen LogP contribution in [0.4, 0.5) is 5.69 Å². The molecule has 0 unspecified atom stereocenters. The number of aromatic nitrogens is 3. The lowest BCUT2D eigenvalue weighted by atomic mass is 9.91. The Kier molecular flexibility index (Phi) is 6.64. The predicted octanol–water partition coefficient (Wildman–Crippen LogP) is 5.57. The van der Waals surface area contributed by atoms with Gasteiger partial charge >= 0.3 is 0 Å². The van der Waals surface area contributed by atoms with Crippen LogP contribution in [0.25, 0.3) is 11.4 Å². The maximum absolute atomic E-state index is 13.2. The summed E-state index contributed by atoms with van der Waals surface area (Å²) in [5.41, 5.74) is 4.91. The molecule has 176 valence electrons. The van der Waals surface area contributed by atoms with Crippen LogP contribution in [0.5, 0.6) is 0 Å². The van der Waals surface area contributed by atoms with Gasteiger partial charge in [0.15, 0.2) is 0 Å². The SMILES string of the molecule is CCn1nc(-c2cc(C)on2)c(C(=O)Nc2ccc3c(c2)CCN(CCC(C)(C)C)C3)c1Cl. The topological polar surface area (TPSA) is 76.2 Å².